The number of benzene rings is 2. The first-order valence-corrected chi connectivity index (χ1v) is 7.98. The lowest BCUT2D eigenvalue weighted by Crippen LogP contribution is -2.15. The molecule has 2 aromatic carbocycles. The van der Waals surface area contributed by atoms with Gasteiger partial charge in [0.25, 0.3) is 10.0 Å². The molecule has 0 spiro atoms. The summed E-state index contributed by atoms with van der Waals surface area (Å²) in [5, 5.41) is 0.174. The molecular weight excluding hydrogens is 371 g/mol. The van der Waals surface area contributed by atoms with Crippen LogP contribution in [0.25, 0.3) is 0 Å². The van der Waals surface area contributed by atoms with Crippen LogP contribution in [0.4, 0.5) is 15.8 Å². The second-order valence-corrected chi connectivity index (χ2v) is 6.91. The van der Waals surface area contributed by atoms with E-state index in [9.17, 15) is 12.8 Å². The van der Waals surface area contributed by atoms with Gasteiger partial charge < -0.3 is 5.73 Å². The highest BCUT2D eigenvalue weighted by Gasteiger charge is 2.19. The highest BCUT2D eigenvalue weighted by Crippen LogP contribution is 2.27. The lowest BCUT2D eigenvalue weighted by atomic mass is 10.3. The van der Waals surface area contributed by atoms with Crippen molar-refractivity contribution >= 4 is 48.9 Å². The Kier molecular flexibility index (Phi) is 4.22. The monoisotopic (exact) mass is 378 g/mol. The molecule has 106 valence electrons. The Hall–Kier alpha value is -1.31. The minimum Gasteiger partial charge on any atom is -0.398 e. The fourth-order valence-electron chi connectivity index (χ4n) is 1.51. The zero-order valence-corrected chi connectivity index (χ0v) is 13.1. The maximum atomic E-state index is 13.6. The Bertz CT molecular complexity index is 768. The van der Waals surface area contributed by atoms with E-state index < -0.39 is 15.8 Å². The van der Waals surface area contributed by atoms with Crippen molar-refractivity contribution in [1.29, 1.82) is 0 Å². The molecule has 0 aromatic heterocycles. The van der Waals surface area contributed by atoms with Crippen LogP contribution in [0.15, 0.2) is 45.8 Å². The number of nitrogen functional groups attached to an aromatic ring is 1. The van der Waals surface area contributed by atoms with E-state index in [1.807, 2.05) is 0 Å². The first kappa shape index (κ1) is 15.1. The van der Waals surface area contributed by atoms with Crippen molar-refractivity contribution in [2.45, 2.75) is 4.90 Å². The topological polar surface area (TPSA) is 72.2 Å². The van der Waals surface area contributed by atoms with Crippen LogP contribution < -0.4 is 10.5 Å². The lowest BCUT2D eigenvalue weighted by molar-refractivity contribution is 0.599. The summed E-state index contributed by atoms with van der Waals surface area (Å²) in [5.41, 5.74) is 5.50. The second-order valence-electron chi connectivity index (χ2n) is 3.91. The van der Waals surface area contributed by atoms with Crippen LogP contribution in [0.5, 0.6) is 0 Å². The molecule has 0 atom stereocenters. The van der Waals surface area contributed by atoms with Gasteiger partial charge in [-0.25, -0.2) is 12.8 Å². The molecular formula is C12H9BrClFN2O2S. The van der Waals surface area contributed by atoms with Gasteiger partial charge in [-0.15, -0.1) is 0 Å². The van der Waals surface area contributed by atoms with Crippen LogP contribution in [0, 0.1) is 5.82 Å². The maximum Gasteiger partial charge on any atom is 0.264 e. The van der Waals surface area contributed by atoms with E-state index in [0.717, 1.165) is 6.07 Å². The summed E-state index contributed by atoms with van der Waals surface area (Å²) in [5.74, 6) is -0.769. The van der Waals surface area contributed by atoms with Crippen molar-refractivity contribution in [3.63, 3.8) is 0 Å². The number of nitrogens with one attached hydrogen (secondary N) is 1. The molecule has 8 heteroatoms. The molecule has 0 saturated heterocycles. The number of anilines is 2. The van der Waals surface area contributed by atoms with E-state index in [2.05, 4.69) is 20.7 Å². The number of rotatable bonds is 3. The Morgan fingerprint density at radius 3 is 2.55 bits per heavy atom. The minimum atomic E-state index is -3.99. The molecule has 2 aromatic rings. The smallest absolute Gasteiger partial charge is 0.264 e. The zero-order valence-electron chi connectivity index (χ0n) is 9.90. The van der Waals surface area contributed by atoms with Gasteiger partial charge >= 0.3 is 0 Å². The van der Waals surface area contributed by atoms with Gasteiger partial charge in [0.15, 0.2) is 0 Å². The third-order valence-electron chi connectivity index (χ3n) is 2.44. The van der Waals surface area contributed by atoms with Gasteiger partial charge in [-0.05, 0) is 36.4 Å². The van der Waals surface area contributed by atoms with Crippen LogP contribution in [0.1, 0.15) is 0 Å². The maximum absolute atomic E-state index is 13.6. The number of hydrogen-bond donors (Lipinski definition) is 2. The standard InChI is InChI=1S/C12H9BrClFN2O2S/c13-7-1-3-10(16)12(5-7)20(18,19)17-11-4-2-8(14)6-9(11)15/h1-6,17H,16H2. The van der Waals surface area contributed by atoms with Crippen molar-refractivity contribution in [3.8, 4) is 0 Å². The molecule has 0 unspecified atom stereocenters. The van der Waals surface area contributed by atoms with E-state index in [4.69, 9.17) is 17.3 Å². The van der Waals surface area contributed by atoms with Gasteiger partial charge in [-0.2, -0.15) is 0 Å². The van der Waals surface area contributed by atoms with Crippen LogP contribution >= 0.6 is 27.5 Å². The summed E-state index contributed by atoms with van der Waals surface area (Å²) in [6.45, 7) is 0. The average molecular weight is 380 g/mol. The summed E-state index contributed by atoms with van der Waals surface area (Å²) in [6.07, 6.45) is 0. The number of nitrogens with two attached hydrogens (primary N) is 1. The fraction of sp³-hybridized carbons (Fsp3) is 0. The van der Waals surface area contributed by atoms with E-state index in [-0.39, 0.29) is 21.3 Å². The van der Waals surface area contributed by atoms with Crippen LogP contribution in [0.2, 0.25) is 5.02 Å². The van der Waals surface area contributed by atoms with Crippen LogP contribution in [-0.4, -0.2) is 8.42 Å². The molecule has 2 rings (SSSR count). The van der Waals surface area contributed by atoms with Crippen molar-refractivity contribution in [1.82, 2.24) is 0 Å². The van der Waals surface area contributed by atoms with Crippen molar-refractivity contribution in [2.24, 2.45) is 0 Å². The molecule has 20 heavy (non-hydrogen) atoms. The molecule has 0 bridgehead atoms. The Labute approximate surface area is 128 Å². The molecule has 0 aliphatic rings. The molecule has 3 N–H and O–H groups in total. The van der Waals surface area contributed by atoms with E-state index in [1.165, 1.54) is 24.3 Å². The largest absolute Gasteiger partial charge is 0.398 e. The van der Waals surface area contributed by atoms with Gasteiger partial charge in [0.1, 0.15) is 10.7 Å². The van der Waals surface area contributed by atoms with Crippen LogP contribution in [-0.2, 0) is 10.0 Å². The normalized spacial score (nSPS) is 11.3. The highest BCUT2D eigenvalue weighted by atomic mass is 79.9. The van der Waals surface area contributed by atoms with Gasteiger partial charge in [0, 0.05) is 9.50 Å². The molecule has 0 amide bonds. The quantitative estimate of drug-likeness (QED) is 0.800. The highest BCUT2D eigenvalue weighted by molar-refractivity contribution is 9.10. The Balaban J connectivity index is 2.43. The van der Waals surface area contributed by atoms with Crippen LogP contribution in [0.3, 0.4) is 0 Å². The SMILES string of the molecule is Nc1ccc(Br)cc1S(=O)(=O)Nc1ccc(Cl)cc1F. The summed E-state index contributed by atoms with van der Waals surface area (Å²) < 4.78 is 40.7. The Morgan fingerprint density at radius 1 is 1.20 bits per heavy atom. The van der Waals surface area contributed by atoms with Gasteiger partial charge in [0.05, 0.1) is 11.4 Å². The van der Waals surface area contributed by atoms with Gasteiger partial charge in [0.2, 0.25) is 0 Å². The summed E-state index contributed by atoms with van der Waals surface area (Å²) in [7, 11) is -3.99. The molecule has 0 saturated carbocycles. The van der Waals surface area contributed by atoms with E-state index in [0.29, 0.717) is 4.47 Å². The third kappa shape index (κ3) is 3.23. The molecule has 0 radical (unpaired) electrons. The molecule has 0 heterocycles. The number of hydrogen-bond acceptors (Lipinski definition) is 3. The summed E-state index contributed by atoms with van der Waals surface area (Å²) in [6, 6.07) is 8.03. The third-order valence-corrected chi connectivity index (χ3v) is 4.59. The predicted octanol–water partition coefficient (Wildman–Crippen LogP) is 3.62. The zero-order chi connectivity index (χ0) is 14.9. The number of sulfonamides is 1. The summed E-state index contributed by atoms with van der Waals surface area (Å²) >= 11 is 8.77. The van der Waals surface area contributed by atoms with E-state index >= 15 is 0 Å². The average Bonchev–Trinajstić information content (AvgIpc) is 2.35. The first-order chi connectivity index (χ1) is 9.29. The lowest BCUT2D eigenvalue weighted by Gasteiger charge is -2.11. The molecule has 4 nitrogen and oxygen atoms in total. The molecule has 0 fully saturated rings. The van der Waals surface area contributed by atoms with Gasteiger partial charge in [-0.1, -0.05) is 27.5 Å². The molecule has 0 aliphatic heterocycles. The minimum absolute atomic E-state index is 0.0649. The van der Waals surface area contributed by atoms with Crippen molar-refractivity contribution < 1.29 is 12.8 Å². The first-order valence-electron chi connectivity index (χ1n) is 5.32. The second kappa shape index (κ2) is 5.59. The predicted molar refractivity (Wildman–Crippen MR) is 80.8 cm³/mol. The van der Waals surface area contributed by atoms with E-state index in [1.54, 1.807) is 6.07 Å². The molecule has 0 aliphatic carbocycles. The summed E-state index contributed by atoms with van der Waals surface area (Å²) in [4.78, 5) is -0.138. The van der Waals surface area contributed by atoms with Crippen molar-refractivity contribution in [2.75, 3.05) is 10.5 Å². The Morgan fingerprint density at radius 2 is 1.90 bits per heavy atom. The fourth-order valence-corrected chi connectivity index (χ4v) is 3.41. The van der Waals surface area contributed by atoms with Gasteiger partial charge in [-0.3, -0.25) is 4.72 Å². The number of halogens is 3. The van der Waals surface area contributed by atoms with Crippen molar-refractivity contribution in [3.05, 3.63) is 51.7 Å².